The second-order valence-electron chi connectivity index (χ2n) is 6.20. The minimum Gasteiger partial charge on any atom is -0.312 e. The molecule has 0 saturated heterocycles. The van der Waals surface area contributed by atoms with Crippen molar-refractivity contribution in [1.82, 2.24) is 5.32 Å². The van der Waals surface area contributed by atoms with Gasteiger partial charge >= 0.3 is 0 Å². The number of hydrogen-bond donors (Lipinski definition) is 1. The third-order valence-electron chi connectivity index (χ3n) is 4.90. The summed E-state index contributed by atoms with van der Waals surface area (Å²) in [4.78, 5) is 0. The van der Waals surface area contributed by atoms with Gasteiger partial charge in [0.1, 0.15) is 0 Å². The number of halogens is 1. The van der Waals surface area contributed by atoms with Crippen LogP contribution in [0.4, 0.5) is 0 Å². The van der Waals surface area contributed by atoms with Crippen LogP contribution in [0.5, 0.6) is 0 Å². The van der Waals surface area contributed by atoms with Crippen molar-refractivity contribution in [2.24, 2.45) is 0 Å². The average Bonchev–Trinajstić information content (AvgIpc) is 3.28. The Kier molecular flexibility index (Phi) is 3.81. The smallest absolute Gasteiger partial charge is 0.0456 e. The van der Waals surface area contributed by atoms with E-state index in [1.165, 1.54) is 35.1 Å². The Hall–Kier alpha value is -1.31. The number of hydrogen-bond acceptors (Lipinski definition) is 1. The van der Waals surface area contributed by atoms with Gasteiger partial charge in [0.25, 0.3) is 0 Å². The van der Waals surface area contributed by atoms with Crippen molar-refractivity contribution < 1.29 is 0 Å². The molecule has 0 heterocycles. The van der Waals surface area contributed by atoms with Gasteiger partial charge in [0, 0.05) is 16.5 Å². The van der Waals surface area contributed by atoms with Crippen molar-refractivity contribution >= 4 is 11.6 Å². The van der Waals surface area contributed by atoms with Gasteiger partial charge in [-0.1, -0.05) is 48.0 Å². The van der Waals surface area contributed by atoms with E-state index in [4.69, 9.17) is 11.6 Å². The van der Waals surface area contributed by atoms with Gasteiger partial charge in [-0.2, -0.15) is 0 Å². The van der Waals surface area contributed by atoms with E-state index in [2.05, 4.69) is 61.6 Å². The van der Waals surface area contributed by atoms with Gasteiger partial charge < -0.3 is 5.32 Å². The SMILES string of the molecule is CNC(c1cc(C)c(C)cc1Cl)C1(c2ccccc2)CC1. The molecule has 0 aromatic heterocycles. The molecular weight excluding hydrogens is 278 g/mol. The molecule has 0 radical (unpaired) electrons. The first-order chi connectivity index (χ1) is 10.1. The lowest BCUT2D eigenvalue weighted by atomic mass is 9.83. The normalized spacial score (nSPS) is 17.5. The molecule has 1 N–H and O–H groups in total. The first-order valence-corrected chi connectivity index (χ1v) is 7.96. The molecular formula is C19H22ClN. The monoisotopic (exact) mass is 299 g/mol. The van der Waals surface area contributed by atoms with Crippen LogP contribution in [0.15, 0.2) is 42.5 Å². The van der Waals surface area contributed by atoms with Crippen LogP contribution in [-0.2, 0) is 5.41 Å². The van der Waals surface area contributed by atoms with Gasteiger partial charge in [0.05, 0.1) is 0 Å². The van der Waals surface area contributed by atoms with Crippen molar-refractivity contribution in [3.8, 4) is 0 Å². The van der Waals surface area contributed by atoms with Gasteiger partial charge in [-0.15, -0.1) is 0 Å². The summed E-state index contributed by atoms with van der Waals surface area (Å²) in [6, 6.07) is 15.4. The number of aryl methyl sites for hydroxylation is 2. The number of likely N-dealkylation sites (N-methyl/N-ethyl adjacent to an activating group) is 1. The molecule has 1 atom stereocenters. The van der Waals surface area contributed by atoms with Crippen molar-refractivity contribution in [2.45, 2.75) is 38.1 Å². The fourth-order valence-electron chi connectivity index (χ4n) is 3.40. The molecule has 0 amide bonds. The highest BCUT2D eigenvalue weighted by Crippen LogP contribution is 2.57. The Bertz CT molecular complexity index is 644. The number of rotatable bonds is 4. The zero-order valence-corrected chi connectivity index (χ0v) is 13.7. The lowest BCUT2D eigenvalue weighted by Gasteiger charge is -2.29. The Morgan fingerprint density at radius 3 is 2.24 bits per heavy atom. The first kappa shape index (κ1) is 14.6. The maximum Gasteiger partial charge on any atom is 0.0456 e. The highest BCUT2D eigenvalue weighted by atomic mass is 35.5. The highest BCUT2D eigenvalue weighted by Gasteiger charge is 2.51. The van der Waals surface area contributed by atoms with Crippen molar-refractivity contribution in [2.75, 3.05) is 7.05 Å². The van der Waals surface area contributed by atoms with Gasteiger partial charge in [-0.25, -0.2) is 0 Å². The molecule has 21 heavy (non-hydrogen) atoms. The largest absolute Gasteiger partial charge is 0.312 e. The van der Waals surface area contributed by atoms with Crippen molar-refractivity contribution in [3.05, 3.63) is 69.7 Å². The van der Waals surface area contributed by atoms with Crippen LogP contribution < -0.4 is 5.32 Å². The van der Waals surface area contributed by atoms with E-state index in [-0.39, 0.29) is 11.5 Å². The lowest BCUT2D eigenvalue weighted by molar-refractivity contribution is 0.463. The molecule has 1 nitrogen and oxygen atoms in total. The Morgan fingerprint density at radius 2 is 1.67 bits per heavy atom. The van der Waals surface area contributed by atoms with E-state index in [0.717, 1.165) is 5.02 Å². The fourth-order valence-corrected chi connectivity index (χ4v) is 3.73. The molecule has 110 valence electrons. The Labute approximate surface area is 132 Å². The quantitative estimate of drug-likeness (QED) is 0.842. The summed E-state index contributed by atoms with van der Waals surface area (Å²) in [5.41, 5.74) is 5.39. The zero-order valence-electron chi connectivity index (χ0n) is 12.9. The molecule has 0 aliphatic heterocycles. The second-order valence-corrected chi connectivity index (χ2v) is 6.61. The predicted molar refractivity (Wildman–Crippen MR) is 90.1 cm³/mol. The number of benzene rings is 2. The van der Waals surface area contributed by atoms with Gasteiger partial charge in [-0.3, -0.25) is 0 Å². The molecule has 3 rings (SSSR count). The van der Waals surface area contributed by atoms with Crippen molar-refractivity contribution in [1.29, 1.82) is 0 Å². The van der Waals surface area contributed by atoms with Gasteiger partial charge in [0.2, 0.25) is 0 Å². The minimum absolute atomic E-state index is 0.196. The molecule has 0 spiro atoms. The molecule has 2 heteroatoms. The second kappa shape index (κ2) is 5.47. The first-order valence-electron chi connectivity index (χ1n) is 7.58. The highest BCUT2D eigenvalue weighted by molar-refractivity contribution is 6.31. The maximum absolute atomic E-state index is 6.56. The van der Waals surface area contributed by atoms with E-state index in [1.807, 2.05) is 7.05 Å². The van der Waals surface area contributed by atoms with Crippen LogP contribution in [0, 0.1) is 13.8 Å². The molecule has 1 aliphatic carbocycles. The van der Waals surface area contributed by atoms with Gasteiger partial charge in [-0.05, 0) is 62.1 Å². The van der Waals surface area contributed by atoms with E-state index < -0.39 is 0 Å². The topological polar surface area (TPSA) is 12.0 Å². The molecule has 2 aromatic rings. The predicted octanol–water partition coefficient (Wildman–Crippen LogP) is 4.95. The third-order valence-corrected chi connectivity index (χ3v) is 5.23. The third kappa shape index (κ3) is 2.49. The summed E-state index contributed by atoms with van der Waals surface area (Å²) in [6.07, 6.45) is 2.43. The number of nitrogens with one attached hydrogen (secondary N) is 1. The Balaban J connectivity index is 2.06. The van der Waals surface area contributed by atoms with E-state index in [1.54, 1.807) is 0 Å². The summed E-state index contributed by atoms with van der Waals surface area (Å²) >= 11 is 6.56. The van der Waals surface area contributed by atoms with Crippen LogP contribution in [0.3, 0.4) is 0 Å². The van der Waals surface area contributed by atoms with Gasteiger partial charge in [0.15, 0.2) is 0 Å². The summed E-state index contributed by atoms with van der Waals surface area (Å²) < 4.78 is 0. The maximum atomic E-state index is 6.56. The Morgan fingerprint density at radius 1 is 1.05 bits per heavy atom. The van der Waals surface area contributed by atoms with Crippen LogP contribution >= 0.6 is 11.6 Å². The molecule has 1 fully saturated rings. The summed E-state index contributed by atoms with van der Waals surface area (Å²) in [6.45, 7) is 4.27. The minimum atomic E-state index is 0.196. The van der Waals surface area contributed by atoms with Crippen molar-refractivity contribution in [3.63, 3.8) is 0 Å². The fraction of sp³-hybridized carbons (Fsp3) is 0.368. The average molecular weight is 300 g/mol. The zero-order chi connectivity index (χ0) is 15.0. The molecule has 2 aromatic carbocycles. The van der Waals surface area contributed by atoms with Crippen LogP contribution in [0.2, 0.25) is 5.02 Å². The van der Waals surface area contributed by atoms with Crippen LogP contribution in [-0.4, -0.2) is 7.05 Å². The summed E-state index contributed by atoms with van der Waals surface area (Å²) in [5.74, 6) is 0. The molecule has 1 unspecified atom stereocenters. The molecule has 1 aliphatic rings. The summed E-state index contributed by atoms with van der Waals surface area (Å²) in [5, 5.41) is 4.40. The van der Waals surface area contributed by atoms with Crippen LogP contribution in [0.25, 0.3) is 0 Å². The molecule has 0 bridgehead atoms. The lowest BCUT2D eigenvalue weighted by Crippen LogP contribution is -2.30. The van der Waals surface area contributed by atoms with Crippen LogP contribution in [0.1, 0.15) is 41.1 Å². The van der Waals surface area contributed by atoms with E-state index in [9.17, 15) is 0 Å². The summed E-state index contributed by atoms with van der Waals surface area (Å²) in [7, 11) is 2.04. The molecule has 1 saturated carbocycles. The standard InChI is InChI=1S/C19H22ClN/c1-13-11-16(17(20)12-14(13)2)18(21-3)19(9-10-19)15-7-5-4-6-8-15/h4-8,11-12,18,21H,9-10H2,1-3H3. The van der Waals surface area contributed by atoms with E-state index in [0.29, 0.717) is 0 Å². The van der Waals surface area contributed by atoms with E-state index >= 15 is 0 Å².